The van der Waals surface area contributed by atoms with Gasteiger partial charge in [-0.2, -0.15) is 0 Å². The number of nitrogens with one attached hydrogen (secondary N) is 2. The maximum absolute atomic E-state index is 6.86. The number of hydrogen-bond donors (Lipinski definition) is 1. The first kappa shape index (κ1) is 8.92. The predicted molar refractivity (Wildman–Crippen MR) is 40.4 cm³/mol. The molecule has 0 aliphatic heterocycles. The van der Waals surface area contributed by atoms with E-state index in [0.29, 0.717) is 6.54 Å². The normalized spacial score (nSPS) is 10.0. The summed E-state index contributed by atoms with van der Waals surface area (Å²) in [6.45, 7) is 4.95. The lowest BCUT2D eigenvalue weighted by Crippen LogP contribution is -2.16. The molecule has 0 aliphatic rings. The van der Waals surface area contributed by atoms with Crippen LogP contribution in [0, 0.1) is 0 Å². The molecule has 0 heterocycles. The van der Waals surface area contributed by atoms with Gasteiger partial charge in [-0.25, -0.2) is 0 Å². The number of unbranched alkanes of at least 4 members (excludes halogenated alkanes) is 1. The highest BCUT2D eigenvalue weighted by molar-refractivity contribution is 4.46. The van der Waals surface area contributed by atoms with Crippen LogP contribution in [0.1, 0.15) is 26.2 Å². The summed E-state index contributed by atoms with van der Waals surface area (Å²) < 4.78 is 0. The Labute approximate surface area is 57.8 Å². The van der Waals surface area contributed by atoms with E-state index in [-0.39, 0.29) is 0 Å². The van der Waals surface area contributed by atoms with Gasteiger partial charge in [-0.05, 0) is 32.4 Å². The van der Waals surface area contributed by atoms with Crippen molar-refractivity contribution < 1.29 is 0 Å². The summed E-state index contributed by atoms with van der Waals surface area (Å²) in [6, 6.07) is 0. The van der Waals surface area contributed by atoms with E-state index in [0.717, 1.165) is 25.9 Å². The van der Waals surface area contributed by atoms with Gasteiger partial charge in [-0.3, -0.25) is 5.73 Å². The van der Waals surface area contributed by atoms with Crippen LogP contribution in [-0.2, 0) is 0 Å². The van der Waals surface area contributed by atoms with Crippen LogP contribution >= 0.6 is 0 Å². The third-order valence-electron chi connectivity index (χ3n) is 1.21. The molecule has 0 unspecified atom stereocenters. The van der Waals surface area contributed by atoms with E-state index >= 15 is 0 Å². The highest BCUT2D eigenvalue weighted by Crippen LogP contribution is 1.82. The molecular weight excluding hydrogens is 112 g/mol. The van der Waals surface area contributed by atoms with Crippen molar-refractivity contribution >= 4 is 0 Å². The molecule has 0 aromatic rings. The maximum atomic E-state index is 6.86. The zero-order valence-corrected chi connectivity index (χ0v) is 6.24. The van der Waals surface area contributed by atoms with Crippen molar-refractivity contribution in [1.82, 2.24) is 11.1 Å². The van der Waals surface area contributed by atoms with Crippen molar-refractivity contribution in [3.63, 3.8) is 0 Å². The Morgan fingerprint density at radius 1 is 1.22 bits per heavy atom. The van der Waals surface area contributed by atoms with Crippen LogP contribution in [0.4, 0.5) is 0 Å². The van der Waals surface area contributed by atoms with Gasteiger partial charge in [0.2, 0.25) is 0 Å². The Morgan fingerprint density at radius 2 is 2.00 bits per heavy atom. The molecule has 9 heavy (non-hydrogen) atoms. The second kappa shape index (κ2) is 7.92. The van der Waals surface area contributed by atoms with Crippen LogP contribution < -0.4 is 11.1 Å². The van der Waals surface area contributed by atoms with Gasteiger partial charge in [-0.1, -0.05) is 6.92 Å². The fourth-order valence-electron chi connectivity index (χ4n) is 0.677. The Hall–Kier alpha value is -0.0800. The molecule has 2 nitrogen and oxygen atoms in total. The summed E-state index contributed by atoms with van der Waals surface area (Å²) >= 11 is 0. The molecule has 0 spiro atoms. The number of rotatable bonds is 6. The lowest BCUT2D eigenvalue weighted by Gasteiger charge is -1.99. The van der Waals surface area contributed by atoms with Gasteiger partial charge in [-0.15, -0.1) is 0 Å². The second-order valence-electron chi connectivity index (χ2n) is 2.21. The Bertz CT molecular complexity index is 40.2. The van der Waals surface area contributed by atoms with Crippen LogP contribution in [-0.4, -0.2) is 19.6 Å². The molecule has 0 aliphatic carbocycles. The average Bonchev–Trinajstić information content (AvgIpc) is 1.89. The predicted octanol–water partition coefficient (Wildman–Crippen LogP) is 1.05. The van der Waals surface area contributed by atoms with Crippen LogP contribution in [0.15, 0.2) is 0 Å². The van der Waals surface area contributed by atoms with E-state index in [1.807, 2.05) is 0 Å². The minimum Gasteiger partial charge on any atom is -0.317 e. The second-order valence-corrected chi connectivity index (χ2v) is 2.21. The summed E-state index contributed by atoms with van der Waals surface area (Å²) in [5, 5.41) is 3.29. The summed E-state index contributed by atoms with van der Waals surface area (Å²) in [5.74, 6) is 0. The first-order valence-electron chi connectivity index (χ1n) is 3.77. The van der Waals surface area contributed by atoms with Gasteiger partial charge >= 0.3 is 0 Å². The highest BCUT2D eigenvalue weighted by Gasteiger charge is 1.83. The van der Waals surface area contributed by atoms with Crippen molar-refractivity contribution in [2.45, 2.75) is 26.2 Å². The zero-order chi connectivity index (χ0) is 6.95. The summed E-state index contributed by atoms with van der Waals surface area (Å²) in [7, 11) is 0. The molecule has 0 fully saturated rings. The van der Waals surface area contributed by atoms with Crippen LogP contribution in [0.5, 0.6) is 0 Å². The maximum Gasteiger partial charge on any atom is 0.0100 e. The summed E-state index contributed by atoms with van der Waals surface area (Å²) in [5.41, 5.74) is 6.86. The van der Waals surface area contributed by atoms with Crippen molar-refractivity contribution in [2.24, 2.45) is 0 Å². The molecule has 0 bridgehead atoms. The summed E-state index contributed by atoms with van der Waals surface area (Å²) in [4.78, 5) is 0. The van der Waals surface area contributed by atoms with Gasteiger partial charge in [0, 0.05) is 6.54 Å². The molecule has 0 saturated carbocycles. The van der Waals surface area contributed by atoms with Gasteiger partial charge in [0.25, 0.3) is 0 Å². The highest BCUT2D eigenvalue weighted by atomic mass is 14.8. The lowest BCUT2D eigenvalue weighted by atomic mass is 10.3. The Kier molecular flexibility index (Phi) is 7.85. The third kappa shape index (κ3) is 7.92. The van der Waals surface area contributed by atoms with E-state index in [9.17, 15) is 0 Å². The van der Waals surface area contributed by atoms with E-state index in [1.165, 1.54) is 6.42 Å². The van der Waals surface area contributed by atoms with E-state index < -0.39 is 0 Å². The van der Waals surface area contributed by atoms with Crippen molar-refractivity contribution in [3.8, 4) is 0 Å². The fraction of sp³-hybridized carbons (Fsp3) is 1.00. The van der Waals surface area contributed by atoms with E-state index in [4.69, 9.17) is 5.73 Å². The topological polar surface area (TPSA) is 35.8 Å². The Morgan fingerprint density at radius 3 is 2.56 bits per heavy atom. The van der Waals surface area contributed by atoms with Gasteiger partial charge in [0.05, 0.1) is 0 Å². The third-order valence-corrected chi connectivity index (χ3v) is 1.21. The van der Waals surface area contributed by atoms with Crippen molar-refractivity contribution in [2.75, 3.05) is 19.6 Å². The molecule has 2 heteroatoms. The molecule has 0 amide bonds. The number of hydrogen-bond acceptors (Lipinski definition) is 1. The minimum atomic E-state index is 0.577. The molecule has 55 valence electrons. The fourth-order valence-corrected chi connectivity index (χ4v) is 0.677. The van der Waals surface area contributed by atoms with Crippen molar-refractivity contribution in [3.05, 3.63) is 0 Å². The molecule has 0 atom stereocenters. The van der Waals surface area contributed by atoms with Crippen LogP contribution in [0.2, 0.25) is 0 Å². The SMILES string of the molecule is CCCNCCCC[NH]. The molecule has 2 N–H and O–H groups in total. The van der Waals surface area contributed by atoms with E-state index in [2.05, 4.69) is 12.2 Å². The Balaban J connectivity index is 2.60. The average molecular weight is 129 g/mol. The first-order chi connectivity index (χ1) is 4.41. The molecule has 0 rings (SSSR count). The molecule has 0 aromatic heterocycles. The van der Waals surface area contributed by atoms with Crippen LogP contribution in [0.3, 0.4) is 0 Å². The minimum absolute atomic E-state index is 0.577. The van der Waals surface area contributed by atoms with Gasteiger partial charge in [0.1, 0.15) is 0 Å². The van der Waals surface area contributed by atoms with Gasteiger partial charge < -0.3 is 5.32 Å². The molecule has 0 saturated heterocycles. The molecular formula is C7H17N2. The molecule has 0 aromatic carbocycles. The largest absolute Gasteiger partial charge is 0.317 e. The zero-order valence-electron chi connectivity index (χ0n) is 6.24. The quantitative estimate of drug-likeness (QED) is 0.535. The van der Waals surface area contributed by atoms with Crippen LogP contribution in [0.25, 0.3) is 0 Å². The standard InChI is InChI=1S/C7H17N2/c1-2-6-9-7-4-3-5-8/h8-9H,2-7H2,1H3. The smallest absolute Gasteiger partial charge is 0.0100 e. The lowest BCUT2D eigenvalue weighted by molar-refractivity contribution is 0.618. The molecule has 1 radical (unpaired) electrons. The van der Waals surface area contributed by atoms with Gasteiger partial charge in [0.15, 0.2) is 0 Å². The first-order valence-corrected chi connectivity index (χ1v) is 3.77. The summed E-state index contributed by atoms with van der Waals surface area (Å²) in [6.07, 6.45) is 3.40. The van der Waals surface area contributed by atoms with E-state index in [1.54, 1.807) is 0 Å². The van der Waals surface area contributed by atoms with Crippen molar-refractivity contribution in [1.29, 1.82) is 0 Å². The monoisotopic (exact) mass is 129 g/mol.